The first-order valence-electron chi connectivity index (χ1n) is 8.38. The molecule has 0 saturated heterocycles. The van der Waals surface area contributed by atoms with Crippen molar-refractivity contribution in [1.29, 1.82) is 0 Å². The van der Waals surface area contributed by atoms with E-state index >= 15 is 0 Å². The Morgan fingerprint density at radius 3 is 2.70 bits per heavy atom. The summed E-state index contributed by atoms with van der Waals surface area (Å²) in [7, 11) is 0. The van der Waals surface area contributed by atoms with Crippen molar-refractivity contribution in [3.63, 3.8) is 0 Å². The Balaban J connectivity index is 1.98. The van der Waals surface area contributed by atoms with Gasteiger partial charge in [0.1, 0.15) is 0 Å². The third kappa shape index (κ3) is 1.95. The van der Waals surface area contributed by atoms with Crippen molar-refractivity contribution < 1.29 is 0 Å². The Morgan fingerprint density at radius 2 is 2.00 bits per heavy atom. The molecule has 0 aliphatic heterocycles. The Kier molecular flexibility index (Phi) is 3.27. The van der Waals surface area contributed by atoms with Crippen LogP contribution in [-0.4, -0.2) is 0 Å². The molecule has 0 N–H and O–H groups in total. The highest BCUT2D eigenvalue weighted by Gasteiger charge is 2.56. The fourth-order valence-electron chi connectivity index (χ4n) is 5.69. The van der Waals surface area contributed by atoms with Gasteiger partial charge in [-0.2, -0.15) is 0 Å². The molecule has 0 bridgehead atoms. The summed E-state index contributed by atoms with van der Waals surface area (Å²) in [6.07, 6.45) is 14.2. The lowest BCUT2D eigenvalue weighted by Crippen LogP contribution is -2.46. The molecule has 2 fully saturated rings. The highest BCUT2D eigenvalue weighted by atomic mass is 14.6. The Morgan fingerprint density at radius 1 is 1.25 bits per heavy atom. The van der Waals surface area contributed by atoms with Crippen molar-refractivity contribution in [3.8, 4) is 0 Å². The third-order valence-electron chi connectivity index (χ3n) is 6.95. The summed E-state index contributed by atoms with van der Waals surface area (Å²) in [5, 5.41) is 0. The molecule has 0 aromatic carbocycles. The molecule has 0 nitrogen and oxygen atoms in total. The van der Waals surface area contributed by atoms with Crippen LogP contribution < -0.4 is 0 Å². The van der Waals surface area contributed by atoms with Gasteiger partial charge < -0.3 is 0 Å². The third-order valence-corrected chi connectivity index (χ3v) is 6.95. The van der Waals surface area contributed by atoms with Crippen molar-refractivity contribution in [1.82, 2.24) is 0 Å². The summed E-state index contributed by atoms with van der Waals surface area (Å²) < 4.78 is 0. The predicted molar refractivity (Wildman–Crippen MR) is 87.5 cm³/mol. The lowest BCUT2D eigenvalue weighted by molar-refractivity contribution is -0.0192. The first-order valence-corrected chi connectivity index (χ1v) is 8.38. The molecular formula is C20H30. The fourth-order valence-corrected chi connectivity index (χ4v) is 5.69. The summed E-state index contributed by atoms with van der Waals surface area (Å²) in [6.45, 7) is 13.9. The van der Waals surface area contributed by atoms with Crippen LogP contribution in [0.15, 0.2) is 36.0 Å². The first-order chi connectivity index (χ1) is 9.37. The Hall–Kier alpha value is -0.780. The molecule has 0 aromatic rings. The van der Waals surface area contributed by atoms with Crippen LogP contribution in [-0.2, 0) is 0 Å². The maximum atomic E-state index is 4.29. The SMILES string of the molecule is C=C(C)[C@@H]1CC[C@]2(C)[C@@H]1CC[C@]1(C)C=CC(C)=CC[C@@H]21. The van der Waals surface area contributed by atoms with Gasteiger partial charge in [-0.15, -0.1) is 0 Å². The number of hydrogen-bond donors (Lipinski definition) is 0. The van der Waals surface area contributed by atoms with Crippen molar-refractivity contribution in [2.45, 2.75) is 59.8 Å². The maximum Gasteiger partial charge on any atom is -0.0107 e. The van der Waals surface area contributed by atoms with E-state index in [0.717, 1.165) is 17.8 Å². The second-order valence-electron chi connectivity index (χ2n) is 8.22. The normalized spacial score (nSPS) is 47.2. The minimum absolute atomic E-state index is 0.406. The molecule has 110 valence electrons. The summed E-state index contributed by atoms with van der Waals surface area (Å²) >= 11 is 0. The summed E-state index contributed by atoms with van der Waals surface area (Å²) in [5.74, 6) is 2.46. The van der Waals surface area contributed by atoms with Gasteiger partial charge in [0.2, 0.25) is 0 Å². The van der Waals surface area contributed by atoms with Crippen LogP contribution in [0, 0.1) is 28.6 Å². The van der Waals surface area contributed by atoms with Gasteiger partial charge in [-0.1, -0.05) is 49.8 Å². The van der Waals surface area contributed by atoms with Gasteiger partial charge in [0.15, 0.2) is 0 Å². The monoisotopic (exact) mass is 270 g/mol. The van der Waals surface area contributed by atoms with E-state index in [1.54, 1.807) is 0 Å². The van der Waals surface area contributed by atoms with Crippen LogP contribution >= 0.6 is 0 Å². The number of rotatable bonds is 1. The highest BCUT2D eigenvalue weighted by Crippen LogP contribution is 2.65. The molecule has 3 aliphatic rings. The summed E-state index contributed by atoms with van der Waals surface area (Å²) in [6, 6.07) is 0. The van der Waals surface area contributed by atoms with E-state index in [9.17, 15) is 0 Å². The zero-order chi connectivity index (χ0) is 14.5. The predicted octanol–water partition coefficient (Wildman–Crippen LogP) is 5.92. The van der Waals surface area contributed by atoms with Crippen molar-refractivity contribution >= 4 is 0 Å². The van der Waals surface area contributed by atoms with Gasteiger partial charge in [-0.05, 0) is 74.5 Å². The van der Waals surface area contributed by atoms with Gasteiger partial charge in [0.05, 0.1) is 0 Å². The van der Waals surface area contributed by atoms with E-state index in [4.69, 9.17) is 0 Å². The molecular weight excluding hydrogens is 240 g/mol. The molecule has 2 saturated carbocycles. The van der Waals surface area contributed by atoms with Crippen LogP contribution in [0.4, 0.5) is 0 Å². The van der Waals surface area contributed by atoms with E-state index < -0.39 is 0 Å². The molecule has 0 spiro atoms. The van der Waals surface area contributed by atoms with E-state index in [1.165, 1.54) is 43.3 Å². The summed E-state index contributed by atoms with van der Waals surface area (Å²) in [4.78, 5) is 0. The molecule has 0 aromatic heterocycles. The van der Waals surface area contributed by atoms with Gasteiger partial charge in [0, 0.05) is 0 Å². The van der Waals surface area contributed by atoms with Crippen LogP contribution in [0.5, 0.6) is 0 Å². The van der Waals surface area contributed by atoms with Crippen molar-refractivity contribution in [3.05, 3.63) is 36.0 Å². The minimum Gasteiger partial charge on any atom is -0.0999 e. The average Bonchev–Trinajstić information content (AvgIpc) is 2.64. The topological polar surface area (TPSA) is 0 Å². The molecule has 20 heavy (non-hydrogen) atoms. The van der Waals surface area contributed by atoms with E-state index in [2.05, 4.69) is 52.5 Å². The van der Waals surface area contributed by atoms with Gasteiger partial charge in [-0.3, -0.25) is 0 Å². The molecule has 3 rings (SSSR count). The highest BCUT2D eigenvalue weighted by molar-refractivity contribution is 5.26. The Labute approximate surface area is 125 Å². The summed E-state index contributed by atoms with van der Waals surface area (Å²) in [5.41, 5.74) is 3.80. The minimum atomic E-state index is 0.406. The second kappa shape index (κ2) is 4.61. The zero-order valence-electron chi connectivity index (χ0n) is 13.7. The van der Waals surface area contributed by atoms with Crippen molar-refractivity contribution in [2.24, 2.45) is 28.6 Å². The lowest BCUT2D eigenvalue weighted by atomic mass is 9.51. The largest absolute Gasteiger partial charge is 0.0999 e. The quantitative estimate of drug-likeness (QED) is 0.519. The first kappa shape index (κ1) is 14.2. The number of hydrogen-bond acceptors (Lipinski definition) is 0. The molecule has 0 amide bonds. The fraction of sp³-hybridized carbons (Fsp3) is 0.700. The van der Waals surface area contributed by atoms with E-state index in [0.29, 0.717) is 10.8 Å². The molecule has 0 heteroatoms. The molecule has 3 aliphatic carbocycles. The van der Waals surface area contributed by atoms with Gasteiger partial charge in [-0.25, -0.2) is 0 Å². The van der Waals surface area contributed by atoms with Gasteiger partial charge in [0.25, 0.3) is 0 Å². The van der Waals surface area contributed by atoms with E-state index in [-0.39, 0.29) is 0 Å². The second-order valence-corrected chi connectivity index (χ2v) is 8.22. The number of allylic oxidation sites excluding steroid dienone is 5. The lowest BCUT2D eigenvalue weighted by Gasteiger charge is -2.53. The Bertz CT molecular complexity index is 480. The number of fused-ring (bicyclic) bond motifs is 3. The molecule has 0 unspecified atom stereocenters. The van der Waals surface area contributed by atoms with Crippen LogP contribution in [0.3, 0.4) is 0 Å². The van der Waals surface area contributed by atoms with Gasteiger partial charge >= 0.3 is 0 Å². The molecule has 5 atom stereocenters. The maximum absolute atomic E-state index is 4.29. The van der Waals surface area contributed by atoms with Crippen LogP contribution in [0.2, 0.25) is 0 Å². The molecule has 0 radical (unpaired) electrons. The van der Waals surface area contributed by atoms with Crippen molar-refractivity contribution in [2.75, 3.05) is 0 Å². The van der Waals surface area contributed by atoms with Crippen LogP contribution in [0.25, 0.3) is 0 Å². The smallest absolute Gasteiger partial charge is 0.0107 e. The molecule has 0 heterocycles. The zero-order valence-corrected chi connectivity index (χ0v) is 13.7. The van der Waals surface area contributed by atoms with E-state index in [1.807, 2.05) is 0 Å². The standard InChI is InChI=1S/C20H30/c1-14(2)16-9-13-20(5)17(16)10-12-19(4)11-8-15(3)6-7-18(19)20/h6,8,11,16-18H,1,7,9-10,12-13H2,2-5H3/t16-,17+,18+,19-,20+/m0/s1. The van der Waals surface area contributed by atoms with Crippen LogP contribution in [0.1, 0.15) is 59.8 Å². The average molecular weight is 270 g/mol.